The first-order valence-electron chi connectivity index (χ1n) is 3.58. The van der Waals surface area contributed by atoms with Crippen LogP contribution in [0.1, 0.15) is 0 Å². The highest BCUT2D eigenvalue weighted by Gasteiger charge is 2.03. The highest BCUT2D eigenvalue weighted by atomic mass is 79.9. The second kappa shape index (κ2) is 5.14. The average molecular weight is 268 g/mol. The normalized spacial score (nSPS) is 9.69. The van der Waals surface area contributed by atoms with E-state index in [1.165, 1.54) is 0 Å². The molecule has 13 heavy (non-hydrogen) atoms. The van der Waals surface area contributed by atoms with E-state index in [0.29, 0.717) is 23.0 Å². The fraction of sp³-hybridized carbons (Fsp3) is 0.286. The van der Waals surface area contributed by atoms with E-state index >= 15 is 0 Å². The number of anilines is 1. The lowest BCUT2D eigenvalue weighted by Crippen LogP contribution is -2.29. The molecule has 72 valence electrons. The minimum atomic E-state index is -0.331. The zero-order valence-corrected chi connectivity index (χ0v) is 8.98. The van der Waals surface area contributed by atoms with Gasteiger partial charge in [-0.25, -0.2) is 4.79 Å². The largest absolute Gasteiger partial charge is 0.434 e. The van der Waals surface area contributed by atoms with Crippen molar-refractivity contribution in [2.75, 3.05) is 17.7 Å². The molecule has 0 saturated heterocycles. The molecule has 0 aliphatic rings. The van der Waals surface area contributed by atoms with Crippen molar-refractivity contribution in [3.05, 3.63) is 16.8 Å². The molecule has 0 fully saturated rings. The average Bonchev–Trinajstić information content (AvgIpc) is 2.48. The number of amides is 2. The third-order valence-corrected chi connectivity index (χ3v) is 1.81. The minimum Gasteiger partial charge on any atom is -0.434 e. The first-order chi connectivity index (χ1) is 6.22. The SMILES string of the molecule is O=C(NCCCl)Nc1ccc(Br)o1. The second-order valence-corrected chi connectivity index (χ2v) is 3.33. The first-order valence-corrected chi connectivity index (χ1v) is 4.91. The fourth-order valence-electron chi connectivity index (χ4n) is 0.698. The zero-order valence-electron chi connectivity index (χ0n) is 6.64. The van der Waals surface area contributed by atoms with Crippen LogP contribution in [0.15, 0.2) is 21.2 Å². The van der Waals surface area contributed by atoms with E-state index in [0.717, 1.165) is 0 Å². The van der Waals surface area contributed by atoms with Crippen LogP contribution in [-0.2, 0) is 0 Å². The second-order valence-electron chi connectivity index (χ2n) is 2.17. The third-order valence-electron chi connectivity index (χ3n) is 1.19. The monoisotopic (exact) mass is 266 g/mol. The summed E-state index contributed by atoms with van der Waals surface area (Å²) in [6, 6.07) is 3.00. The predicted octanol–water partition coefficient (Wildman–Crippen LogP) is 2.40. The summed E-state index contributed by atoms with van der Waals surface area (Å²) in [4.78, 5) is 11.0. The Morgan fingerprint density at radius 1 is 1.62 bits per heavy atom. The van der Waals surface area contributed by atoms with Gasteiger partial charge in [0.25, 0.3) is 0 Å². The van der Waals surface area contributed by atoms with Crippen LogP contribution >= 0.6 is 27.5 Å². The molecular weight excluding hydrogens is 259 g/mol. The van der Waals surface area contributed by atoms with Crippen LogP contribution in [0.25, 0.3) is 0 Å². The Kier molecular flexibility index (Phi) is 4.11. The molecule has 1 aromatic rings. The molecule has 4 nitrogen and oxygen atoms in total. The summed E-state index contributed by atoms with van der Waals surface area (Å²) in [5, 5.41) is 5.02. The number of hydrogen-bond donors (Lipinski definition) is 2. The predicted molar refractivity (Wildman–Crippen MR) is 54.1 cm³/mol. The highest BCUT2D eigenvalue weighted by Crippen LogP contribution is 2.17. The summed E-state index contributed by atoms with van der Waals surface area (Å²) in [7, 11) is 0. The molecular formula is C7H8BrClN2O2. The topological polar surface area (TPSA) is 54.3 Å². The first kappa shape index (κ1) is 10.4. The third kappa shape index (κ3) is 3.69. The molecule has 0 atom stereocenters. The van der Waals surface area contributed by atoms with Crippen molar-refractivity contribution in [2.24, 2.45) is 0 Å². The molecule has 2 N–H and O–H groups in total. The maximum atomic E-state index is 11.0. The lowest BCUT2D eigenvalue weighted by Gasteiger charge is -2.02. The van der Waals surface area contributed by atoms with Gasteiger partial charge >= 0.3 is 6.03 Å². The smallest absolute Gasteiger partial charge is 0.321 e. The Morgan fingerprint density at radius 2 is 2.38 bits per heavy atom. The van der Waals surface area contributed by atoms with Gasteiger partial charge in [-0.3, -0.25) is 5.32 Å². The molecule has 6 heteroatoms. The number of alkyl halides is 1. The number of furan rings is 1. The van der Waals surface area contributed by atoms with Crippen molar-refractivity contribution in [1.82, 2.24) is 5.32 Å². The molecule has 1 aromatic heterocycles. The van der Waals surface area contributed by atoms with Crippen LogP contribution in [0.4, 0.5) is 10.7 Å². The maximum Gasteiger partial charge on any atom is 0.321 e. The number of nitrogens with one attached hydrogen (secondary N) is 2. The van der Waals surface area contributed by atoms with Gasteiger partial charge in [-0.1, -0.05) is 0 Å². The molecule has 0 spiro atoms. The van der Waals surface area contributed by atoms with Gasteiger partial charge in [-0.05, 0) is 22.0 Å². The lowest BCUT2D eigenvalue weighted by atomic mass is 10.6. The van der Waals surface area contributed by atoms with Crippen molar-refractivity contribution in [3.8, 4) is 0 Å². The summed E-state index contributed by atoms with van der Waals surface area (Å²) in [5.74, 6) is 0.772. The number of urea groups is 1. The number of carbonyl (C=O) groups is 1. The van der Waals surface area contributed by atoms with E-state index in [2.05, 4.69) is 26.6 Å². The Labute approximate surface area is 88.8 Å². The molecule has 1 heterocycles. The van der Waals surface area contributed by atoms with E-state index in [1.54, 1.807) is 12.1 Å². The molecule has 2 amide bonds. The molecule has 0 radical (unpaired) electrons. The molecule has 0 aromatic carbocycles. The maximum absolute atomic E-state index is 11.0. The zero-order chi connectivity index (χ0) is 9.68. The Bertz CT molecular complexity index is 290. The highest BCUT2D eigenvalue weighted by molar-refractivity contribution is 9.10. The van der Waals surface area contributed by atoms with E-state index in [4.69, 9.17) is 16.0 Å². The van der Waals surface area contributed by atoms with E-state index in [9.17, 15) is 4.79 Å². The van der Waals surface area contributed by atoms with Crippen molar-refractivity contribution in [1.29, 1.82) is 0 Å². The van der Waals surface area contributed by atoms with Gasteiger partial charge in [0.1, 0.15) is 0 Å². The van der Waals surface area contributed by atoms with Crippen LogP contribution in [0.5, 0.6) is 0 Å². The van der Waals surface area contributed by atoms with Crippen molar-refractivity contribution < 1.29 is 9.21 Å². The summed E-state index contributed by atoms with van der Waals surface area (Å²) in [6.45, 7) is 0.426. The van der Waals surface area contributed by atoms with Crippen molar-refractivity contribution in [2.45, 2.75) is 0 Å². The Balaban J connectivity index is 2.36. The summed E-state index contributed by atoms with van der Waals surface area (Å²) in [5.41, 5.74) is 0. The van der Waals surface area contributed by atoms with Gasteiger partial charge in [0.2, 0.25) is 5.88 Å². The molecule has 0 aliphatic carbocycles. The van der Waals surface area contributed by atoms with Crippen LogP contribution in [-0.4, -0.2) is 18.5 Å². The minimum absolute atomic E-state index is 0.331. The molecule has 0 aliphatic heterocycles. The van der Waals surface area contributed by atoms with Crippen molar-refractivity contribution in [3.63, 3.8) is 0 Å². The molecule has 0 saturated carbocycles. The molecule has 1 rings (SSSR count). The summed E-state index contributed by atoms with van der Waals surface area (Å²) < 4.78 is 5.62. The van der Waals surface area contributed by atoms with Gasteiger partial charge in [-0.2, -0.15) is 0 Å². The Morgan fingerprint density at radius 3 is 2.92 bits per heavy atom. The van der Waals surface area contributed by atoms with Crippen LogP contribution in [0.2, 0.25) is 0 Å². The summed E-state index contributed by atoms with van der Waals surface area (Å²) >= 11 is 8.49. The van der Waals surface area contributed by atoms with Gasteiger partial charge in [0, 0.05) is 18.5 Å². The van der Waals surface area contributed by atoms with Gasteiger partial charge in [0.05, 0.1) is 0 Å². The van der Waals surface area contributed by atoms with Crippen LogP contribution in [0.3, 0.4) is 0 Å². The van der Waals surface area contributed by atoms with Gasteiger partial charge < -0.3 is 9.73 Å². The molecule has 0 unspecified atom stereocenters. The fourth-order valence-corrected chi connectivity index (χ4v) is 1.10. The van der Waals surface area contributed by atoms with Crippen LogP contribution in [0, 0.1) is 0 Å². The number of hydrogen-bond acceptors (Lipinski definition) is 2. The van der Waals surface area contributed by atoms with E-state index in [-0.39, 0.29) is 6.03 Å². The Hall–Kier alpha value is -0.680. The van der Waals surface area contributed by atoms with E-state index < -0.39 is 0 Å². The van der Waals surface area contributed by atoms with Crippen LogP contribution < -0.4 is 10.6 Å². The quantitative estimate of drug-likeness (QED) is 0.826. The standard InChI is InChI=1S/C7H8BrClN2O2/c8-5-1-2-6(13-5)11-7(12)10-4-3-9/h1-2H,3-4H2,(H2,10,11,12). The summed E-state index contributed by atoms with van der Waals surface area (Å²) in [6.07, 6.45) is 0. The van der Waals surface area contributed by atoms with Gasteiger partial charge in [-0.15, -0.1) is 11.6 Å². The number of rotatable bonds is 3. The molecule has 0 bridgehead atoms. The van der Waals surface area contributed by atoms with E-state index in [1.807, 2.05) is 0 Å². The van der Waals surface area contributed by atoms with Gasteiger partial charge in [0.15, 0.2) is 4.67 Å². The lowest BCUT2D eigenvalue weighted by molar-refractivity contribution is 0.252. The number of halogens is 2. The number of carbonyl (C=O) groups excluding carboxylic acids is 1. The van der Waals surface area contributed by atoms with Crippen molar-refractivity contribution >= 4 is 39.4 Å².